The number of hydrogen-bond donors (Lipinski definition) is 0. The maximum Gasteiger partial charge on any atom is 0.523 e. The maximum atomic E-state index is 12.6. The summed E-state index contributed by atoms with van der Waals surface area (Å²) in [5.74, 6) is -0.00912. The zero-order valence-corrected chi connectivity index (χ0v) is 16.5. The normalized spacial score (nSPS) is 19.5. The molecule has 1 saturated heterocycles. The van der Waals surface area contributed by atoms with Crippen LogP contribution in [0.5, 0.6) is 5.75 Å². The van der Waals surface area contributed by atoms with Crippen molar-refractivity contribution in [2.45, 2.75) is 24.3 Å². The minimum Gasteiger partial charge on any atom is -0.497 e. The molecule has 0 radical (unpaired) electrons. The lowest BCUT2D eigenvalue weighted by Gasteiger charge is -2.46. The van der Waals surface area contributed by atoms with Crippen LogP contribution in [0.3, 0.4) is 0 Å². The van der Waals surface area contributed by atoms with Gasteiger partial charge in [0.15, 0.2) is 6.10 Å². The third kappa shape index (κ3) is 4.58. The Hall–Kier alpha value is -2.63. The van der Waals surface area contributed by atoms with Gasteiger partial charge in [-0.3, -0.25) is 8.98 Å². The second kappa shape index (κ2) is 8.62. The second-order valence-corrected chi connectivity index (χ2v) is 7.98. The van der Waals surface area contributed by atoms with Gasteiger partial charge < -0.3 is 14.4 Å². The van der Waals surface area contributed by atoms with Gasteiger partial charge in [-0.1, -0.05) is 30.3 Å². The fraction of sp³-hybridized carbons (Fsp3) is 0.316. The molecule has 162 valence electrons. The van der Waals surface area contributed by atoms with Crippen molar-refractivity contribution < 1.29 is 40.0 Å². The molecule has 0 spiro atoms. The molecule has 7 nitrogen and oxygen atoms in total. The number of anilines is 1. The summed E-state index contributed by atoms with van der Waals surface area (Å²) in [5, 5.41) is 0. The second-order valence-electron chi connectivity index (χ2n) is 6.38. The third-order valence-electron chi connectivity index (χ3n) is 4.46. The van der Waals surface area contributed by atoms with E-state index in [1.807, 2.05) is 0 Å². The number of β-lactam (4-membered cyclic amide) rings is 1. The Kier molecular flexibility index (Phi) is 6.34. The van der Waals surface area contributed by atoms with Crippen LogP contribution in [0.1, 0.15) is 5.56 Å². The molecule has 0 aromatic heterocycles. The predicted molar refractivity (Wildman–Crippen MR) is 100 cm³/mol. The van der Waals surface area contributed by atoms with Gasteiger partial charge in [0, 0.05) is 5.69 Å². The number of nitrogens with zero attached hydrogens (tertiary/aromatic N) is 1. The Morgan fingerprint density at radius 1 is 1.03 bits per heavy atom. The van der Waals surface area contributed by atoms with Crippen molar-refractivity contribution in [3.8, 4) is 5.75 Å². The minimum absolute atomic E-state index is 0.0240. The van der Waals surface area contributed by atoms with E-state index in [9.17, 15) is 26.4 Å². The zero-order valence-electron chi connectivity index (χ0n) is 15.7. The summed E-state index contributed by atoms with van der Waals surface area (Å²) in [5.41, 5.74) is -4.47. The molecule has 0 unspecified atom stereocenters. The molecule has 0 bridgehead atoms. The molecule has 2 atom stereocenters. The summed E-state index contributed by atoms with van der Waals surface area (Å²) in [4.78, 5) is 13.8. The molecule has 1 amide bonds. The van der Waals surface area contributed by atoms with E-state index in [1.165, 1.54) is 19.2 Å². The van der Waals surface area contributed by atoms with Crippen molar-refractivity contribution in [1.29, 1.82) is 0 Å². The first kappa shape index (κ1) is 22.1. The molecule has 0 aliphatic carbocycles. The molecular formula is C19H18F3NO6S. The van der Waals surface area contributed by atoms with Crippen LogP contribution in [-0.2, 0) is 30.4 Å². The molecule has 1 aliphatic rings. The minimum atomic E-state index is -5.81. The van der Waals surface area contributed by atoms with Crippen LogP contribution in [-0.4, -0.2) is 45.7 Å². The van der Waals surface area contributed by atoms with E-state index >= 15 is 0 Å². The monoisotopic (exact) mass is 445 g/mol. The van der Waals surface area contributed by atoms with Crippen LogP contribution >= 0.6 is 0 Å². The van der Waals surface area contributed by atoms with Crippen LogP contribution in [0.2, 0.25) is 0 Å². The number of amides is 1. The zero-order chi connectivity index (χ0) is 21.9. The van der Waals surface area contributed by atoms with Gasteiger partial charge in [-0.15, -0.1) is 0 Å². The molecule has 11 heteroatoms. The fourth-order valence-corrected chi connectivity index (χ4v) is 3.36. The molecular weight excluding hydrogens is 427 g/mol. The van der Waals surface area contributed by atoms with Crippen LogP contribution in [0.25, 0.3) is 0 Å². The Morgan fingerprint density at radius 2 is 1.67 bits per heavy atom. The largest absolute Gasteiger partial charge is 0.523 e. The summed E-state index contributed by atoms with van der Waals surface area (Å²) in [6.07, 6.45) is -1.16. The highest BCUT2D eigenvalue weighted by molar-refractivity contribution is 7.87. The van der Waals surface area contributed by atoms with E-state index in [2.05, 4.69) is 4.18 Å². The Balaban J connectivity index is 1.78. The Morgan fingerprint density at radius 3 is 2.23 bits per heavy atom. The number of carbonyl (C=O) groups excluding carboxylic acids is 1. The Labute approximate surface area is 171 Å². The first-order valence-electron chi connectivity index (χ1n) is 8.72. The maximum absolute atomic E-state index is 12.6. The number of halogens is 3. The van der Waals surface area contributed by atoms with Gasteiger partial charge in [-0.05, 0) is 29.8 Å². The van der Waals surface area contributed by atoms with Crippen molar-refractivity contribution in [2.75, 3.05) is 18.6 Å². The summed E-state index contributed by atoms with van der Waals surface area (Å²) in [6, 6.07) is 13.9. The van der Waals surface area contributed by atoms with Crippen LogP contribution in [0.4, 0.5) is 18.9 Å². The quantitative estimate of drug-likeness (QED) is 0.353. The molecule has 1 aliphatic heterocycles. The van der Waals surface area contributed by atoms with Gasteiger partial charge in [0.2, 0.25) is 0 Å². The predicted octanol–water partition coefficient (Wildman–Crippen LogP) is 2.86. The molecule has 2 aromatic carbocycles. The molecule has 30 heavy (non-hydrogen) atoms. The summed E-state index contributed by atoms with van der Waals surface area (Å²) >= 11 is 0. The first-order valence-corrected chi connectivity index (χ1v) is 10.1. The number of methoxy groups -OCH3 is 1. The van der Waals surface area contributed by atoms with E-state index in [-0.39, 0.29) is 6.61 Å². The van der Waals surface area contributed by atoms with E-state index in [0.29, 0.717) is 11.4 Å². The van der Waals surface area contributed by atoms with Crippen molar-refractivity contribution in [3.05, 3.63) is 60.2 Å². The molecule has 0 saturated carbocycles. The van der Waals surface area contributed by atoms with Gasteiger partial charge >= 0.3 is 15.6 Å². The number of carbonyl (C=O) groups is 1. The highest BCUT2D eigenvalue weighted by Gasteiger charge is 2.53. The summed E-state index contributed by atoms with van der Waals surface area (Å²) in [7, 11) is -4.35. The summed E-state index contributed by atoms with van der Waals surface area (Å²) in [6.45, 7) is -0.880. The molecule has 0 N–H and O–H groups in total. The van der Waals surface area contributed by atoms with Crippen molar-refractivity contribution >= 4 is 21.7 Å². The van der Waals surface area contributed by atoms with Gasteiger partial charge in [0.05, 0.1) is 26.4 Å². The van der Waals surface area contributed by atoms with Crippen LogP contribution in [0, 0.1) is 0 Å². The first-order chi connectivity index (χ1) is 14.1. The standard InChI is InChI=1S/C19H18F3NO6S/c1-27-15-9-7-14(8-10-15)23-16(12-29-30(25,26)19(20,21)22)17(18(23)24)28-11-13-5-3-2-4-6-13/h2-10,16-17H,11-12H2,1H3/t16-,17+/m0/s1. The number of ether oxygens (including phenoxy) is 2. The molecule has 1 heterocycles. The van der Waals surface area contributed by atoms with Crippen molar-refractivity contribution in [1.82, 2.24) is 0 Å². The van der Waals surface area contributed by atoms with E-state index in [4.69, 9.17) is 9.47 Å². The number of benzene rings is 2. The lowest BCUT2D eigenvalue weighted by molar-refractivity contribution is -0.144. The molecule has 1 fully saturated rings. The molecule has 3 rings (SSSR count). The van der Waals surface area contributed by atoms with E-state index < -0.39 is 40.3 Å². The van der Waals surface area contributed by atoms with Gasteiger partial charge in [-0.25, -0.2) is 0 Å². The average molecular weight is 445 g/mol. The van der Waals surface area contributed by atoms with E-state index in [0.717, 1.165) is 10.5 Å². The lowest BCUT2D eigenvalue weighted by atomic mass is 9.97. The fourth-order valence-electron chi connectivity index (χ4n) is 2.91. The summed E-state index contributed by atoms with van der Waals surface area (Å²) < 4.78 is 75.2. The number of hydrogen-bond acceptors (Lipinski definition) is 6. The highest BCUT2D eigenvalue weighted by atomic mass is 32.2. The van der Waals surface area contributed by atoms with Gasteiger partial charge in [0.1, 0.15) is 5.75 Å². The van der Waals surface area contributed by atoms with Gasteiger partial charge in [0.25, 0.3) is 5.91 Å². The number of alkyl halides is 3. The van der Waals surface area contributed by atoms with Crippen molar-refractivity contribution in [2.24, 2.45) is 0 Å². The van der Waals surface area contributed by atoms with Crippen LogP contribution in [0.15, 0.2) is 54.6 Å². The highest BCUT2D eigenvalue weighted by Crippen LogP contribution is 2.33. The van der Waals surface area contributed by atoms with E-state index in [1.54, 1.807) is 42.5 Å². The SMILES string of the molecule is COc1ccc(N2C(=O)[C@H](OCc3ccccc3)[C@@H]2COS(=O)(=O)C(F)(F)F)cc1. The third-order valence-corrected chi connectivity index (χ3v) is 5.48. The Bertz CT molecular complexity index is 980. The number of rotatable bonds is 8. The average Bonchev–Trinajstić information content (AvgIpc) is 2.71. The topological polar surface area (TPSA) is 82.1 Å². The lowest BCUT2D eigenvalue weighted by Crippen LogP contribution is -2.68. The smallest absolute Gasteiger partial charge is 0.497 e. The van der Waals surface area contributed by atoms with Crippen molar-refractivity contribution in [3.63, 3.8) is 0 Å². The van der Waals surface area contributed by atoms with Gasteiger partial charge in [-0.2, -0.15) is 21.6 Å². The molecule has 2 aromatic rings. The van der Waals surface area contributed by atoms with Crippen LogP contribution < -0.4 is 9.64 Å².